The molecule has 132 valence electrons. The number of ether oxygens (including phenoxy) is 1. The quantitative estimate of drug-likeness (QED) is 0.402. The fourth-order valence-corrected chi connectivity index (χ4v) is 2.66. The fraction of sp³-hybridized carbons (Fsp3) is 0.0556. The molecule has 2 N–H and O–H groups in total. The first-order valence-electron chi connectivity index (χ1n) is 7.51. The summed E-state index contributed by atoms with van der Waals surface area (Å²) in [4.78, 5) is 35.2. The van der Waals surface area contributed by atoms with Crippen molar-refractivity contribution < 1.29 is 24.2 Å². The number of carbonyl (C=O) groups is 3. The van der Waals surface area contributed by atoms with Crippen molar-refractivity contribution in [1.29, 1.82) is 0 Å². The Hall–Kier alpha value is -2.88. The lowest BCUT2D eigenvalue weighted by Crippen LogP contribution is -2.35. The molecule has 2 amide bonds. The van der Waals surface area contributed by atoms with Crippen molar-refractivity contribution in [3.8, 4) is 5.75 Å². The number of aliphatic carboxylic acids is 1. The molecule has 0 spiro atoms. The number of hydrogen-bond acceptors (Lipinski definition) is 4. The molecule has 1 aliphatic rings. The molecule has 7 nitrogen and oxygen atoms in total. The van der Waals surface area contributed by atoms with Gasteiger partial charge in [0.25, 0.3) is 11.8 Å². The van der Waals surface area contributed by atoms with Crippen molar-refractivity contribution in [2.45, 2.75) is 0 Å². The van der Waals surface area contributed by atoms with Gasteiger partial charge in [-0.25, -0.2) is 9.80 Å². The lowest BCUT2D eigenvalue weighted by atomic mass is 10.1. The van der Waals surface area contributed by atoms with Crippen LogP contribution in [0.3, 0.4) is 0 Å². The second-order valence-electron chi connectivity index (χ2n) is 5.37. The van der Waals surface area contributed by atoms with Crippen LogP contribution in [0.25, 0.3) is 6.08 Å². The van der Waals surface area contributed by atoms with Gasteiger partial charge in [-0.05, 0) is 70.6 Å². The Morgan fingerprint density at radius 1 is 1.12 bits per heavy atom. The van der Waals surface area contributed by atoms with Gasteiger partial charge in [-0.15, -0.1) is 0 Å². The monoisotopic (exact) mass is 464 g/mol. The number of anilines is 1. The zero-order valence-corrected chi connectivity index (χ0v) is 15.5. The van der Waals surface area contributed by atoms with Gasteiger partial charge in [0.1, 0.15) is 11.3 Å². The minimum absolute atomic E-state index is 0.0164. The van der Waals surface area contributed by atoms with Crippen LogP contribution in [0.5, 0.6) is 5.75 Å². The molecule has 1 fully saturated rings. The Kier molecular flexibility index (Phi) is 5.21. The van der Waals surface area contributed by atoms with E-state index in [4.69, 9.17) is 9.84 Å². The van der Waals surface area contributed by atoms with Crippen LogP contribution in [0.4, 0.5) is 5.69 Å². The number of nitrogens with zero attached hydrogens (tertiary/aromatic N) is 1. The number of rotatable bonds is 5. The second-order valence-corrected chi connectivity index (χ2v) is 6.61. The van der Waals surface area contributed by atoms with Crippen molar-refractivity contribution in [3.63, 3.8) is 0 Å². The number of hydrazine groups is 1. The Morgan fingerprint density at radius 2 is 1.77 bits per heavy atom. The van der Waals surface area contributed by atoms with Gasteiger partial charge in [-0.2, -0.15) is 0 Å². The second kappa shape index (κ2) is 7.56. The van der Waals surface area contributed by atoms with E-state index in [2.05, 4.69) is 28.0 Å². The molecule has 2 aromatic carbocycles. The van der Waals surface area contributed by atoms with Gasteiger partial charge in [0, 0.05) is 3.57 Å². The van der Waals surface area contributed by atoms with E-state index in [-0.39, 0.29) is 5.57 Å². The zero-order chi connectivity index (χ0) is 18.7. The third kappa shape index (κ3) is 4.02. The molecule has 0 bridgehead atoms. The van der Waals surface area contributed by atoms with Gasteiger partial charge in [0.05, 0.1) is 5.69 Å². The van der Waals surface area contributed by atoms with Gasteiger partial charge in [-0.1, -0.05) is 12.1 Å². The number of carboxylic acids is 1. The van der Waals surface area contributed by atoms with Crippen molar-refractivity contribution >= 4 is 52.1 Å². The molecule has 8 heteroatoms. The smallest absolute Gasteiger partial charge is 0.341 e. The van der Waals surface area contributed by atoms with Crippen molar-refractivity contribution in [2.75, 3.05) is 11.6 Å². The number of nitrogens with one attached hydrogen (secondary N) is 1. The summed E-state index contributed by atoms with van der Waals surface area (Å²) in [5.41, 5.74) is 3.75. The third-order valence-electron chi connectivity index (χ3n) is 3.53. The van der Waals surface area contributed by atoms with Gasteiger partial charge in [0.15, 0.2) is 6.61 Å². The van der Waals surface area contributed by atoms with E-state index in [1.807, 2.05) is 12.1 Å². The molecular formula is C18H13IN2O5. The molecular weight excluding hydrogens is 451 g/mol. The highest BCUT2D eigenvalue weighted by atomic mass is 127. The molecule has 0 atom stereocenters. The Balaban J connectivity index is 1.78. The topological polar surface area (TPSA) is 95.9 Å². The summed E-state index contributed by atoms with van der Waals surface area (Å²) in [7, 11) is 0. The molecule has 2 aromatic rings. The summed E-state index contributed by atoms with van der Waals surface area (Å²) >= 11 is 2.16. The van der Waals surface area contributed by atoms with Crippen LogP contribution in [0.1, 0.15) is 5.56 Å². The predicted molar refractivity (Wildman–Crippen MR) is 102 cm³/mol. The van der Waals surface area contributed by atoms with Crippen LogP contribution in [0, 0.1) is 3.57 Å². The van der Waals surface area contributed by atoms with Crippen LogP contribution < -0.4 is 15.2 Å². The molecule has 1 saturated heterocycles. The summed E-state index contributed by atoms with van der Waals surface area (Å²) in [6, 6.07) is 13.6. The maximum absolute atomic E-state index is 12.5. The summed E-state index contributed by atoms with van der Waals surface area (Å²) < 4.78 is 6.06. The SMILES string of the molecule is O=C(O)COc1ccc(/C=C2\C(=O)NN(c3ccc(I)cc3)C2=O)cc1. The average Bonchev–Trinajstić information content (AvgIpc) is 2.90. The molecule has 0 aromatic heterocycles. The van der Waals surface area contributed by atoms with Crippen LogP contribution in [0.15, 0.2) is 54.1 Å². The Labute approximate surface area is 162 Å². The van der Waals surface area contributed by atoms with E-state index in [0.717, 1.165) is 3.57 Å². The van der Waals surface area contributed by atoms with Crippen LogP contribution in [-0.4, -0.2) is 29.5 Å². The predicted octanol–water partition coefficient (Wildman–Crippen LogP) is 2.22. The molecule has 26 heavy (non-hydrogen) atoms. The number of carbonyl (C=O) groups excluding carboxylic acids is 2. The highest BCUT2D eigenvalue weighted by molar-refractivity contribution is 14.1. The number of benzene rings is 2. The number of carboxylic acid groups (broad SMARTS) is 1. The zero-order valence-electron chi connectivity index (χ0n) is 13.3. The summed E-state index contributed by atoms with van der Waals surface area (Å²) in [5, 5.41) is 9.79. The summed E-state index contributed by atoms with van der Waals surface area (Å²) in [6.07, 6.45) is 1.48. The molecule has 0 saturated carbocycles. The fourth-order valence-electron chi connectivity index (χ4n) is 2.30. The van der Waals surface area contributed by atoms with Crippen LogP contribution in [0.2, 0.25) is 0 Å². The van der Waals surface area contributed by atoms with Gasteiger partial charge in [0.2, 0.25) is 0 Å². The average molecular weight is 464 g/mol. The molecule has 0 radical (unpaired) electrons. The highest BCUT2D eigenvalue weighted by Crippen LogP contribution is 2.23. The third-order valence-corrected chi connectivity index (χ3v) is 4.25. The molecule has 0 aliphatic carbocycles. The molecule has 3 rings (SSSR count). The lowest BCUT2D eigenvalue weighted by Gasteiger charge is -2.14. The van der Waals surface area contributed by atoms with E-state index in [1.165, 1.54) is 11.1 Å². The summed E-state index contributed by atoms with van der Waals surface area (Å²) in [5.74, 6) is -1.61. The van der Waals surface area contributed by atoms with E-state index in [9.17, 15) is 14.4 Å². The van der Waals surface area contributed by atoms with Crippen molar-refractivity contribution in [3.05, 3.63) is 63.2 Å². The van der Waals surface area contributed by atoms with E-state index in [0.29, 0.717) is 17.0 Å². The number of hydrogen-bond donors (Lipinski definition) is 2. The Bertz CT molecular complexity index is 891. The van der Waals surface area contributed by atoms with Gasteiger partial charge >= 0.3 is 5.97 Å². The molecule has 1 heterocycles. The van der Waals surface area contributed by atoms with Gasteiger partial charge in [-0.3, -0.25) is 15.0 Å². The largest absolute Gasteiger partial charge is 0.482 e. The minimum atomic E-state index is -1.07. The minimum Gasteiger partial charge on any atom is -0.482 e. The lowest BCUT2D eigenvalue weighted by molar-refractivity contribution is -0.139. The van der Waals surface area contributed by atoms with E-state index >= 15 is 0 Å². The maximum Gasteiger partial charge on any atom is 0.341 e. The standard InChI is InChI=1S/C18H13IN2O5/c19-12-3-5-13(6-4-12)21-18(25)15(17(24)20-21)9-11-1-7-14(8-2-11)26-10-16(22)23/h1-9H,10H2,(H,20,24)(H,22,23)/b15-9+. The summed E-state index contributed by atoms with van der Waals surface area (Å²) in [6.45, 7) is -0.438. The van der Waals surface area contributed by atoms with Gasteiger partial charge < -0.3 is 9.84 Å². The van der Waals surface area contributed by atoms with E-state index in [1.54, 1.807) is 36.4 Å². The number of halogens is 1. The number of amides is 2. The highest BCUT2D eigenvalue weighted by Gasteiger charge is 2.34. The van der Waals surface area contributed by atoms with Crippen molar-refractivity contribution in [2.24, 2.45) is 0 Å². The first-order valence-corrected chi connectivity index (χ1v) is 8.59. The van der Waals surface area contributed by atoms with Crippen LogP contribution >= 0.6 is 22.6 Å². The normalized spacial score (nSPS) is 15.3. The molecule has 0 unspecified atom stereocenters. The Morgan fingerprint density at radius 3 is 2.38 bits per heavy atom. The molecule has 1 aliphatic heterocycles. The first kappa shape index (κ1) is 17.9. The van der Waals surface area contributed by atoms with Crippen LogP contribution in [-0.2, 0) is 14.4 Å². The maximum atomic E-state index is 12.5. The van der Waals surface area contributed by atoms with Crippen molar-refractivity contribution in [1.82, 2.24) is 5.43 Å². The first-order chi connectivity index (χ1) is 12.4. The van der Waals surface area contributed by atoms with E-state index < -0.39 is 24.4 Å².